The lowest BCUT2D eigenvalue weighted by Gasteiger charge is -2.09. The molecule has 2 aromatic heterocycles. The number of aryl methyl sites for hydroxylation is 2. The molecule has 0 spiro atoms. The number of amides is 2. The summed E-state index contributed by atoms with van der Waals surface area (Å²) in [6.45, 7) is 6.70. The SMILES string of the molecule is CCCc1nnc(NC(=O)NC[C@@H](C)c2ncc(C)s2)s1. The molecule has 0 saturated heterocycles. The quantitative estimate of drug-likeness (QED) is 0.855. The van der Waals surface area contributed by atoms with Gasteiger partial charge in [0.1, 0.15) is 5.01 Å². The van der Waals surface area contributed by atoms with Crippen LogP contribution in [0.4, 0.5) is 9.93 Å². The lowest BCUT2D eigenvalue weighted by molar-refractivity contribution is 0.251. The summed E-state index contributed by atoms with van der Waals surface area (Å²) >= 11 is 3.07. The Hall–Kier alpha value is -1.54. The summed E-state index contributed by atoms with van der Waals surface area (Å²) < 4.78 is 0. The van der Waals surface area contributed by atoms with Crippen molar-refractivity contribution in [2.75, 3.05) is 11.9 Å². The second-order valence-corrected chi connectivity index (χ2v) is 7.12. The van der Waals surface area contributed by atoms with E-state index < -0.39 is 0 Å². The number of nitrogens with one attached hydrogen (secondary N) is 2. The fourth-order valence-corrected chi connectivity index (χ4v) is 3.36. The molecule has 8 heteroatoms. The van der Waals surface area contributed by atoms with Crippen LogP contribution < -0.4 is 10.6 Å². The second-order valence-electron chi connectivity index (χ2n) is 4.80. The van der Waals surface area contributed by atoms with E-state index in [4.69, 9.17) is 0 Å². The van der Waals surface area contributed by atoms with E-state index in [1.54, 1.807) is 11.3 Å². The first-order valence-electron chi connectivity index (χ1n) is 6.88. The Labute approximate surface area is 132 Å². The standard InChI is InChI=1S/C13H19N5OS2/c1-4-5-10-17-18-13(21-10)16-12(19)15-6-8(2)11-14-7-9(3)20-11/h7-8H,4-6H2,1-3H3,(H2,15,16,18,19)/t8-/m1/s1. The van der Waals surface area contributed by atoms with Gasteiger partial charge in [-0.2, -0.15) is 0 Å². The van der Waals surface area contributed by atoms with Gasteiger partial charge in [0.05, 0.1) is 5.01 Å². The van der Waals surface area contributed by atoms with E-state index >= 15 is 0 Å². The van der Waals surface area contributed by atoms with Crippen LogP contribution in [0.15, 0.2) is 6.20 Å². The predicted molar refractivity (Wildman–Crippen MR) is 86.2 cm³/mol. The second kappa shape index (κ2) is 7.46. The van der Waals surface area contributed by atoms with E-state index in [1.807, 2.05) is 20.0 Å². The first-order chi connectivity index (χ1) is 10.1. The Bertz CT molecular complexity index is 595. The lowest BCUT2D eigenvalue weighted by Crippen LogP contribution is -2.31. The molecule has 0 bridgehead atoms. The number of thiazole rings is 1. The van der Waals surface area contributed by atoms with Gasteiger partial charge in [0.15, 0.2) is 0 Å². The van der Waals surface area contributed by atoms with Gasteiger partial charge in [-0.3, -0.25) is 5.32 Å². The van der Waals surface area contributed by atoms with Crippen molar-refractivity contribution in [3.05, 3.63) is 21.1 Å². The van der Waals surface area contributed by atoms with Crippen molar-refractivity contribution in [3.63, 3.8) is 0 Å². The summed E-state index contributed by atoms with van der Waals surface area (Å²) in [7, 11) is 0. The number of carbonyl (C=O) groups excluding carboxylic acids is 1. The van der Waals surface area contributed by atoms with E-state index in [1.165, 1.54) is 16.2 Å². The summed E-state index contributed by atoms with van der Waals surface area (Å²) in [5, 5.41) is 16.0. The average molecular weight is 325 g/mol. The van der Waals surface area contributed by atoms with Crippen LogP contribution in [0.25, 0.3) is 0 Å². The maximum absolute atomic E-state index is 11.8. The molecule has 0 fully saturated rings. The number of hydrogen-bond acceptors (Lipinski definition) is 6. The summed E-state index contributed by atoms with van der Waals surface area (Å²) in [6, 6.07) is -0.255. The highest BCUT2D eigenvalue weighted by Crippen LogP contribution is 2.20. The number of aromatic nitrogens is 3. The highest BCUT2D eigenvalue weighted by Gasteiger charge is 2.12. The maximum Gasteiger partial charge on any atom is 0.321 e. The molecule has 21 heavy (non-hydrogen) atoms. The van der Waals surface area contributed by atoms with Crippen molar-refractivity contribution in [1.82, 2.24) is 20.5 Å². The van der Waals surface area contributed by atoms with Crippen molar-refractivity contribution >= 4 is 33.8 Å². The topological polar surface area (TPSA) is 79.8 Å². The molecule has 114 valence electrons. The van der Waals surface area contributed by atoms with E-state index in [9.17, 15) is 4.79 Å². The molecule has 2 rings (SSSR count). The molecule has 0 aliphatic rings. The van der Waals surface area contributed by atoms with Crippen molar-refractivity contribution in [1.29, 1.82) is 0 Å². The lowest BCUT2D eigenvalue weighted by atomic mass is 10.2. The number of hydrogen-bond donors (Lipinski definition) is 2. The van der Waals surface area contributed by atoms with Gasteiger partial charge in [0, 0.05) is 30.0 Å². The smallest absolute Gasteiger partial charge is 0.321 e. The van der Waals surface area contributed by atoms with Gasteiger partial charge >= 0.3 is 6.03 Å². The normalized spacial score (nSPS) is 12.1. The van der Waals surface area contributed by atoms with E-state index in [-0.39, 0.29) is 11.9 Å². The van der Waals surface area contributed by atoms with E-state index in [2.05, 4.69) is 32.7 Å². The molecule has 2 amide bonds. The van der Waals surface area contributed by atoms with Gasteiger partial charge in [-0.1, -0.05) is 25.2 Å². The molecule has 6 nitrogen and oxygen atoms in total. The Balaban J connectivity index is 1.78. The minimum Gasteiger partial charge on any atom is -0.337 e. The van der Waals surface area contributed by atoms with Gasteiger partial charge in [0.25, 0.3) is 0 Å². The zero-order chi connectivity index (χ0) is 15.2. The van der Waals surface area contributed by atoms with Crippen LogP contribution in [-0.2, 0) is 6.42 Å². The monoisotopic (exact) mass is 325 g/mol. The highest BCUT2D eigenvalue weighted by molar-refractivity contribution is 7.15. The van der Waals surface area contributed by atoms with Crippen molar-refractivity contribution in [3.8, 4) is 0 Å². The zero-order valence-electron chi connectivity index (χ0n) is 12.3. The van der Waals surface area contributed by atoms with E-state index in [0.717, 1.165) is 22.9 Å². The van der Waals surface area contributed by atoms with Gasteiger partial charge in [0.2, 0.25) is 5.13 Å². The molecule has 0 aliphatic carbocycles. The molecule has 0 radical (unpaired) electrons. The van der Waals surface area contributed by atoms with Gasteiger partial charge in [-0.05, 0) is 13.3 Å². The number of urea groups is 1. The summed E-state index contributed by atoms with van der Waals surface area (Å²) in [4.78, 5) is 17.3. The van der Waals surface area contributed by atoms with Crippen molar-refractivity contribution < 1.29 is 4.79 Å². The van der Waals surface area contributed by atoms with Crippen LogP contribution in [0.2, 0.25) is 0 Å². The molecule has 0 unspecified atom stereocenters. The Kier molecular flexibility index (Phi) is 5.63. The van der Waals surface area contributed by atoms with Crippen LogP contribution >= 0.6 is 22.7 Å². The Morgan fingerprint density at radius 2 is 2.19 bits per heavy atom. The van der Waals surface area contributed by atoms with Crippen LogP contribution in [0.5, 0.6) is 0 Å². The maximum atomic E-state index is 11.8. The molecule has 2 aromatic rings. The third-order valence-electron chi connectivity index (χ3n) is 2.78. The first kappa shape index (κ1) is 15.8. The van der Waals surface area contributed by atoms with Crippen LogP contribution in [-0.4, -0.2) is 27.8 Å². The fourth-order valence-electron chi connectivity index (χ4n) is 1.69. The Morgan fingerprint density at radius 1 is 1.38 bits per heavy atom. The van der Waals surface area contributed by atoms with Gasteiger partial charge in [-0.15, -0.1) is 21.5 Å². The summed E-state index contributed by atoms with van der Waals surface area (Å²) in [5.74, 6) is 0.194. The zero-order valence-corrected chi connectivity index (χ0v) is 14.0. The highest BCUT2D eigenvalue weighted by atomic mass is 32.1. The van der Waals surface area contributed by atoms with E-state index in [0.29, 0.717) is 11.7 Å². The van der Waals surface area contributed by atoms with Crippen molar-refractivity contribution in [2.45, 2.75) is 39.5 Å². The van der Waals surface area contributed by atoms with Crippen LogP contribution in [0.1, 0.15) is 41.1 Å². The molecular formula is C13H19N5OS2. The summed E-state index contributed by atoms with van der Waals surface area (Å²) in [5.41, 5.74) is 0. The summed E-state index contributed by atoms with van der Waals surface area (Å²) in [6.07, 6.45) is 3.76. The minimum absolute atomic E-state index is 0.194. The third kappa shape index (κ3) is 4.75. The predicted octanol–water partition coefficient (Wildman–Crippen LogP) is 3.18. The van der Waals surface area contributed by atoms with Crippen LogP contribution in [0.3, 0.4) is 0 Å². The molecule has 2 heterocycles. The van der Waals surface area contributed by atoms with Gasteiger partial charge < -0.3 is 5.32 Å². The minimum atomic E-state index is -0.255. The number of carbonyl (C=O) groups is 1. The number of anilines is 1. The third-order valence-corrected chi connectivity index (χ3v) is 4.82. The molecule has 0 saturated carbocycles. The molecular weight excluding hydrogens is 306 g/mol. The van der Waals surface area contributed by atoms with Crippen LogP contribution in [0, 0.1) is 6.92 Å². The molecule has 2 N–H and O–H groups in total. The average Bonchev–Trinajstić information content (AvgIpc) is 3.06. The number of rotatable bonds is 6. The Morgan fingerprint density at radius 3 is 2.86 bits per heavy atom. The first-order valence-corrected chi connectivity index (χ1v) is 8.51. The van der Waals surface area contributed by atoms with Crippen molar-refractivity contribution in [2.24, 2.45) is 0 Å². The van der Waals surface area contributed by atoms with Gasteiger partial charge in [-0.25, -0.2) is 9.78 Å². The molecule has 1 atom stereocenters. The fraction of sp³-hybridized carbons (Fsp3) is 0.538. The molecule has 0 aliphatic heterocycles. The number of nitrogens with zero attached hydrogens (tertiary/aromatic N) is 3. The largest absolute Gasteiger partial charge is 0.337 e. The molecule has 0 aromatic carbocycles.